The largest absolute Gasteiger partial charge is 0.448 e. The van der Waals surface area contributed by atoms with Crippen molar-refractivity contribution in [3.63, 3.8) is 0 Å². The predicted molar refractivity (Wildman–Crippen MR) is 107 cm³/mol. The van der Waals surface area contributed by atoms with Crippen molar-refractivity contribution < 1.29 is 14.3 Å². The van der Waals surface area contributed by atoms with Crippen LogP contribution in [-0.4, -0.2) is 56.9 Å². The highest BCUT2D eigenvalue weighted by atomic mass is 16.6. The third-order valence-corrected chi connectivity index (χ3v) is 5.67. The molecule has 1 N–H and O–H groups in total. The molecule has 0 saturated carbocycles. The normalized spacial score (nSPS) is 19.4. The number of carbonyl (C=O) groups is 2. The Morgan fingerprint density at radius 1 is 1.18 bits per heavy atom. The molecule has 1 saturated heterocycles. The van der Waals surface area contributed by atoms with Gasteiger partial charge in [-0.3, -0.25) is 10.2 Å². The Balaban J connectivity index is 1.98. The lowest BCUT2D eigenvalue weighted by atomic mass is 9.95. The Hall–Kier alpha value is -2.09. The molecule has 1 fully saturated rings. The zero-order valence-corrected chi connectivity index (χ0v) is 18.0. The number of hydrogen-bond donors (Lipinski definition) is 1. The van der Waals surface area contributed by atoms with Gasteiger partial charge in [0.15, 0.2) is 5.82 Å². The van der Waals surface area contributed by atoms with Gasteiger partial charge in [0.1, 0.15) is 0 Å². The number of ether oxygens (including phenoxy) is 1. The smallest absolute Gasteiger partial charge is 0.435 e. The molecular formula is C20H33N5O3. The maximum Gasteiger partial charge on any atom is 0.435 e. The number of aromatic nitrogens is 2. The van der Waals surface area contributed by atoms with Gasteiger partial charge in [-0.25, -0.2) is 9.59 Å². The third-order valence-electron chi connectivity index (χ3n) is 5.67. The van der Waals surface area contributed by atoms with Crippen molar-refractivity contribution in [3.05, 3.63) is 11.3 Å². The van der Waals surface area contributed by atoms with E-state index >= 15 is 0 Å². The fraction of sp³-hybridized carbons (Fsp3) is 0.750. The first-order valence-corrected chi connectivity index (χ1v) is 10.2. The lowest BCUT2D eigenvalue weighted by molar-refractivity contribution is 0.0306. The minimum Gasteiger partial charge on any atom is -0.448 e. The van der Waals surface area contributed by atoms with E-state index in [2.05, 4.69) is 49.9 Å². The van der Waals surface area contributed by atoms with Crippen LogP contribution in [0, 0.1) is 0 Å². The summed E-state index contributed by atoms with van der Waals surface area (Å²) in [6.45, 7) is 14.8. The van der Waals surface area contributed by atoms with Crippen LogP contribution in [0.15, 0.2) is 0 Å². The molecule has 28 heavy (non-hydrogen) atoms. The van der Waals surface area contributed by atoms with Crippen molar-refractivity contribution in [1.29, 1.82) is 0 Å². The Morgan fingerprint density at radius 3 is 2.39 bits per heavy atom. The number of anilines is 1. The summed E-state index contributed by atoms with van der Waals surface area (Å²) in [4.78, 5) is 29.5. The average molecular weight is 392 g/mol. The zero-order chi connectivity index (χ0) is 20.7. The summed E-state index contributed by atoms with van der Waals surface area (Å²) in [5.74, 6) is 0.457. The van der Waals surface area contributed by atoms with Crippen LogP contribution < -0.4 is 5.32 Å². The quantitative estimate of drug-likeness (QED) is 0.830. The number of fused-ring (bicyclic) bond motifs is 1. The van der Waals surface area contributed by atoms with Crippen molar-refractivity contribution in [3.8, 4) is 0 Å². The number of nitrogens with zero attached hydrogens (tertiary/aromatic N) is 4. The standard InChI is InChI=1S/C20H33N5O3/c1-7-28-18(27)25-15-14(13-24(19(2,3)4)20(15,5)6)16(22-25)21-17(26)23-11-9-8-10-12-23/h7-13H2,1-6H3,(H,21,22,26). The van der Waals surface area contributed by atoms with Crippen molar-refractivity contribution in [2.45, 2.75) is 78.4 Å². The Bertz CT molecular complexity index is 757. The molecule has 1 aromatic rings. The molecule has 0 spiro atoms. The molecular weight excluding hydrogens is 358 g/mol. The van der Waals surface area contributed by atoms with E-state index in [0.29, 0.717) is 12.4 Å². The molecule has 0 bridgehead atoms. The van der Waals surface area contributed by atoms with E-state index in [1.165, 1.54) is 4.68 Å². The molecule has 0 aliphatic carbocycles. The fourth-order valence-electron chi connectivity index (χ4n) is 4.48. The first-order chi connectivity index (χ1) is 13.1. The van der Waals surface area contributed by atoms with Crippen LogP contribution in [0.25, 0.3) is 0 Å². The highest BCUT2D eigenvalue weighted by Crippen LogP contribution is 2.45. The molecule has 2 aliphatic rings. The van der Waals surface area contributed by atoms with Gasteiger partial charge >= 0.3 is 12.1 Å². The number of likely N-dealkylation sites (tertiary alicyclic amines) is 1. The molecule has 1 aromatic heterocycles. The van der Waals surface area contributed by atoms with Gasteiger partial charge in [-0.2, -0.15) is 4.68 Å². The van der Waals surface area contributed by atoms with Crippen molar-refractivity contribution >= 4 is 17.9 Å². The van der Waals surface area contributed by atoms with Crippen LogP contribution in [0.2, 0.25) is 0 Å². The van der Waals surface area contributed by atoms with E-state index < -0.39 is 11.6 Å². The number of rotatable bonds is 2. The molecule has 8 heteroatoms. The van der Waals surface area contributed by atoms with E-state index in [1.807, 2.05) is 4.90 Å². The monoisotopic (exact) mass is 391 g/mol. The molecule has 0 radical (unpaired) electrons. The van der Waals surface area contributed by atoms with Crippen molar-refractivity contribution in [1.82, 2.24) is 19.6 Å². The van der Waals surface area contributed by atoms with Gasteiger partial charge < -0.3 is 9.64 Å². The summed E-state index contributed by atoms with van der Waals surface area (Å²) in [5, 5.41) is 7.41. The summed E-state index contributed by atoms with van der Waals surface area (Å²) in [7, 11) is 0. The molecule has 3 rings (SSSR count). The van der Waals surface area contributed by atoms with Gasteiger partial charge in [0.2, 0.25) is 0 Å². The fourth-order valence-corrected chi connectivity index (χ4v) is 4.48. The second-order valence-electron chi connectivity index (χ2n) is 9.08. The maximum atomic E-state index is 12.7. The van der Waals surface area contributed by atoms with E-state index in [9.17, 15) is 9.59 Å². The minimum absolute atomic E-state index is 0.115. The van der Waals surface area contributed by atoms with Gasteiger partial charge in [0.25, 0.3) is 0 Å². The second-order valence-corrected chi connectivity index (χ2v) is 9.08. The van der Waals surface area contributed by atoms with Crippen LogP contribution >= 0.6 is 0 Å². The number of piperidine rings is 1. The molecule has 3 heterocycles. The Morgan fingerprint density at radius 2 is 1.82 bits per heavy atom. The molecule has 0 atom stereocenters. The third kappa shape index (κ3) is 3.62. The van der Waals surface area contributed by atoms with E-state index in [-0.39, 0.29) is 18.2 Å². The van der Waals surface area contributed by atoms with Crippen LogP contribution in [0.1, 0.15) is 72.1 Å². The topological polar surface area (TPSA) is 79.7 Å². The number of nitrogens with one attached hydrogen (secondary N) is 1. The van der Waals surface area contributed by atoms with Crippen molar-refractivity contribution in [2.75, 3.05) is 25.0 Å². The first kappa shape index (κ1) is 20.6. The highest BCUT2D eigenvalue weighted by molar-refractivity contribution is 5.90. The average Bonchev–Trinajstić information content (AvgIpc) is 3.11. The summed E-state index contributed by atoms with van der Waals surface area (Å²) in [6, 6.07) is -0.150. The summed E-state index contributed by atoms with van der Waals surface area (Å²) < 4.78 is 6.55. The van der Waals surface area contributed by atoms with Gasteiger partial charge in [-0.15, -0.1) is 5.10 Å². The number of hydrogen-bond acceptors (Lipinski definition) is 5. The Kier molecular flexibility index (Phi) is 5.44. The minimum atomic E-state index is -0.513. The number of urea groups is 1. The van der Waals surface area contributed by atoms with Crippen LogP contribution in [0.3, 0.4) is 0 Å². The summed E-state index contributed by atoms with van der Waals surface area (Å²) >= 11 is 0. The predicted octanol–water partition coefficient (Wildman–Crippen LogP) is 3.75. The number of amides is 2. The maximum absolute atomic E-state index is 12.7. The molecule has 2 aliphatic heterocycles. The lowest BCUT2D eigenvalue weighted by Crippen LogP contribution is -2.49. The van der Waals surface area contributed by atoms with E-state index in [0.717, 1.165) is 43.6 Å². The van der Waals surface area contributed by atoms with E-state index in [1.54, 1.807) is 6.92 Å². The summed E-state index contributed by atoms with van der Waals surface area (Å²) in [5.41, 5.74) is 1.13. The van der Waals surface area contributed by atoms with E-state index in [4.69, 9.17) is 4.74 Å². The van der Waals surface area contributed by atoms with Crippen LogP contribution in [-0.2, 0) is 16.8 Å². The molecule has 2 amide bonds. The van der Waals surface area contributed by atoms with Gasteiger partial charge in [0, 0.05) is 30.7 Å². The molecule has 0 aromatic carbocycles. The molecule has 0 unspecified atom stereocenters. The second kappa shape index (κ2) is 7.39. The van der Waals surface area contributed by atoms with Gasteiger partial charge in [0.05, 0.1) is 17.8 Å². The lowest BCUT2D eigenvalue weighted by Gasteiger charge is -2.42. The van der Waals surface area contributed by atoms with Crippen LogP contribution in [0.4, 0.5) is 15.4 Å². The molecule has 156 valence electrons. The Labute approximate surface area is 167 Å². The highest BCUT2D eigenvalue weighted by Gasteiger charge is 2.48. The SMILES string of the molecule is CCOC(=O)n1nc(NC(=O)N2CCCCC2)c2c1C(C)(C)N(C(C)(C)C)C2. The van der Waals surface area contributed by atoms with Crippen LogP contribution in [0.5, 0.6) is 0 Å². The number of carbonyl (C=O) groups excluding carboxylic acids is 2. The van der Waals surface area contributed by atoms with Crippen molar-refractivity contribution in [2.24, 2.45) is 0 Å². The molecule has 8 nitrogen and oxygen atoms in total. The summed E-state index contributed by atoms with van der Waals surface area (Å²) in [6.07, 6.45) is 2.69. The first-order valence-electron chi connectivity index (χ1n) is 10.2. The van der Waals surface area contributed by atoms with Gasteiger partial charge in [-0.1, -0.05) is 0 Å². The van der Waals surface area contributed by atoms with Gasteiger partial charge in [-0.05, 0) is 60.8 Å². The zero-order valence-electron chi connectivity index (χ0n) is 18.0.